The minimum Gasteiger partial charge on any atom is -0.301 e. The number of piperazine rings is 1. The normalized spacial score (nSPS) is 19.1. The summed E-state index contributed by atoms with van der Waals surface area (Å²) in [4.78, 5) is 31.0. The van der Waals surface area contributed by atoms with E-state index in [-0.39, 0.29) is 11.8 Å². The average Bonchev–Trinajstić information content (AvgIpc) is 2.86. The topological polar surface area (TPSA) is 43.9 Å². The van der Waals surface area contributed by atoms with E-state index in [4.69, 9.17) is 0 Å². The summed E-state index contributed by atoms with van der Waals surface area (Å²) in [5, 5.41) is 0. The van der Waals surface area contributed by atoms with Gasteiger partial charge in [-0.25, -0.2) is 0 Å². The van der Waals surface area contributed by atoms with Crippen molar-refractivity contribution in [3.8, 4) is 0 Å². The number of carbonyl (C=O) groups is 2. The fourth-order valence-electron chi connectivity index (χ4n) is 3.51. The van der Waals surface area contributed by atoms with Crippen LogP contribution in [0.1, 0.15) is 46.9 Å². The van der Waals surface area contributed by atoms with E-state index in [1.165, 1.54) is 24.3 Å². The van der Waals surface area contributed by atoms with Crippen molar-refractivity contribution in [2.24, 2.45) is 0 Å². The van der Waals surface area contributed by atoms with Crippen LogP contribution >= 0.6 is 0 Å². The van der Waals surface area contributed by atoms with Crippen molar-refractivity contribution in [1.29, 1.82) is 0 Å². The number of benzene rings is 1. The zero-order valence-corrected chi connectivity index (χ0v) is 14.5. The summed E-state index contributed by atoms with van der Waals surface area (Å²) in [6.45, 7) is 9.35. The first-order valence-electron chi connectivity index (χ1n) is 9.10. The Morgan fingerprint density at radius 1 is 0.792 bits per heavy atom. The largest absolute Gasteiger partial charge is 0.301 e. The molecule has 0 bridgehead atoms. The maximum Gasteiger partial charge on any atom is 0.261 e. The predicted molar refractivity (Wildman–Crippen MR) is 94.2 cm³/mol. The van der Waals surface area contributed by atoms with E-state index in [1.54, 1.807) is 12.1 Å². The molecule has 0 radical (unpaired) electrons. The summed E-state index contributed by atoms with van der Waals surface area (Å²) in [6.07, 6.45) is 3.38. The van der Waals surface area contributed by atoms with Gasteiger partial charge in [0.2, 0.25) is 0 Å². The van der Waals surface area contributed by atoms with Gasteiger partial charge in [0, 0.05) is 32.7 Å². The van der Waals surface area contributed by atoms with E-state index >= 15 is 0 Å². The maximum atomic E-state index is 12.3. The molecule has 0 atom stereocenters. The molecular weight excluding hydrogens is 302 g/mol. The van der Waals surface area contributed by atoms with E-state index in [9.17, 15) is 9.59 Å². The second-order valence-corrected chi connectivity index (χ2v) is 6.70. The molecule has 5 nitrogen and oxygen atoms in total. The van der Waals surface area contributed by atoms with Crippen LogP contribution in [0.5, 0.6) is 0 Å². The molecule has 2 aliphatic rings. The third-order valence-corrected chi connectivity index (χ3v) is 5.03. The lowest BCUT2D eigenvalue weighted by atomic mass is 10.1. The average molecular weight is 329 g/mol. The highest BCUT2D eigenvalue weighted by molar-refractivity contribution is 6.21. The molecule has 1 saturated heterocycles. The summed E-state index contributed by atoms with van der Waals surface area (Å²) >= 11 is 0. The van der Waals surface area contributed by atoms with Crippen molar-refractivity contribution in [2.75, 3.05) is 45.8 Å². The van der Waals surface area contributed by atoms with Gasteiger partial charge in [-0.05, 0) is 38.1 Å². The lowest BCUT2D eigenvalue weighted by molar-refractivity contribution is 0.0641. The molecule has 0 spiro atoms. The molecule has 5 heteroatoms. The molecule has 1 fully saturated rings. The standard InChI is InChI=1S/C19H27N3O2/c1-2-3-9-20-12-14-21(15-13-20)10-6-11-22-18(23)16-7-4-5-8-17(16)19(22)24/h4-5,7-8H,2-3,6,9-15H2,1H3. The van der Waals surface area contributed by atoms with Crippen LogP contribution < -0.4 is 0 Å². The summed E-state index contributed by atoms with van der Waals surface area (Å²) in [7, 11) is 0. The second-order valence-electron chi connectivity index (χ2n) is 6.70. The van der Waals surface area contributed by atoms with Gasteiger partial charge in [-0.15, -0.1) is 0 Å². The molecule has 1 aromatic rings. The van der Waals surface area contributed by atoms with E-state index in [0.29, 0.717) is 17.7 Å². The van der Waals surface area contributed by atoms with Gasteiger partial charge in [0.1, 0.15) is 0 Å². The lowest BCUT2D eigenvalue weighted by Gasteiger charge is -2.34. The fraction of sp³-hybridized carbons (Fsp3) is 0.579. The molecule has 24 heavy (non-hydrogen) atoms. The minimum atomic E-state index is -0.139. The number of hydrogen-bond acceptors (Lipinski definition) is 4. The smallest absolute Gasteiger partial charge is 0.261 e. The third kappa shape index (κ3) is 3.68. The van der Waals surface area contributed by atoms with Crippen LogP contribution in [-0.4, -0.2) is 72.3 Å². The van der Waals surface area contributed by atoms with Crippen LogP contribution in [0.3, 0.4) is 0 Å². The van der Waals surface area contributed by atoms with Gasteiger partial charge >= 0.3 is 0 Å². The zero-order chi connectivity index (χ0) is 16.9. The first-order chi connectivity index (χ1) is 11.7. The molecule has 3 rings (SSSR count). The van der Waals surface area contributed by atoms with E-state index in [0.717, 1.165) is 39.1 Å². The Bertz CT molecular complexity index is 559. The maximum absolute atomic E-state index is 12.3. The van der Waals surface area contributed by atoms with Gasteiger partial charge < -0.3 is 9.80 Å². The van der Waals surface area contributed by atoms with E-state index < -0.39 is 0 Å². The molecule has 0 aromatic heterocycles. The zero-order valence-electron chi connectivity index (χ0n) is 14.5. The molecule has 2 heterocycles. The number of fused-ring (bicyclic) bond motifs is 1. The second kappa shape index (κ2) is 7.90. The molecule has 130 valence electrons. The number of nitrogens with zero attached hydrogens (tertiary/aromatic N) is 3. The monoisotopic (exact) mass is 329 g/mol. The molecule has 2 aliphatic heterocycles. The van der Waals surface area contributed by atoms with Gasteiger partial charge in [0.15, 0.2) is 0 Å². The quantitative estimate of drug-likeness (QED) is 0.719. The minimum absolute atomic E-state index is 0.139. The van der Waals surface area contributed by atoms with Crippen LogP contribution in [0.2, 0.25) is 0 Å². The predicted octanol–water partition coefficient (Wildman–Crippen LogP) is 2.09. The van der Waals surface area contributed by atoms with Crippen molar-refractivity contribution < 1.29 is 9.59 Å². The van der Waals surface area contributed by atoms with Crippen LogP contribution in [-0.2, 0) is 0 Å². The molecule has 2 amide bonds. The van der Waals surface area contributed by atoms with Crippen molar-refractivity contribution in [1.82, 2.24) is 14.7 Å². The van der Waals surface area contributed by atoms with Gasteiger partial charge in [0.05, 0.1) is 11.1 Å². The number of unbranched alkanes of at least 4 members (excludes halogenated alkanes) is 1. The highest BCUT2D eigenvalue weighted by Crippen LogP contribution is 2.22. The molecular formula is C19H27N3O2. The Hall–Kier alpha value is -1.72. The number of imide groups is 1. The molecule has 0 aliphatic carbocycles. The Morgan fingerprint density at radius 3 is 1.79 bits per heavy atom. The first-order valence-corrected chi connectivity index (χ1v) is 9.10. The Kier molecular flexibility index (Phi) is 5.63. The Balaban J connectivity index is 1.42. The number of carbonyl (C=O) groups excluding carboxylic acids is 2. The summed E-state index contributed by atoms with van der Waals surface area (Å²) in [6, 6.07) is 7.10. The van der Waals surface area contributed by atoms with Crippen LogP contribution in [0.25, 0.3) is 0 Å². The molecule has 0 saturated carbocycles. The first kappa shape index (κ1) is 17.1. The summed E-state index contributed by atoms with van der Waals surface area (Å²) < 4.78 is 0. The van der Waals surface area contributed by atoms with Crippen LogP contribution in [0.15, 0.2) is 24.3 Å². The summed E-state index contributed by atoms with van der Waals surface area (Å²) in [5.41, 5.74) is 1.10. The van der Waals surface area contributed by atoms with E-state index in [1.807, 2.05) is 12.1 Å². The summed E-state index contributed by atoms with van der Waals surface area (Å²) in [5.74, 6) is -0.278. The van der Waals surface area contributed by atoms with Crippen molar-refractivity contribution in [3.05, 3.63) is 35.4 Å². The fourth-order valence-corrected chi connectivity index (χ4v) is 3.51. The molecule has 0 unspecified atom stereocenters. The SMILES string of the molecule is CCCCN1CCN(CCCN2C(=O)c3ccccc3C2=O)CC1. The van der Waals surface area contributed by atoms with Gasteiger partial charge in [-0.2, -0.15) is 0 Å². The highest BCUT2D eigenvalue weighted by atomic mass is 16.2. The number of rotatable bonds is 7. The lowest BCUT2D eigenvalue weighted by Crippen LogP contribution is -2.47. The van der Waals surface area contributed by atoms with Crippen molar-refractivity contribution in [2.45, 2.75) is 26.2 Å². The van der Waals surface area contributed by atoms with Crippen LogP contribution in [0, 0.1) is 0 Å². The van der Waals surface area contributed by atoms with Crippen LogP contribution in [0.4, 0.5) is 0 Å². The van der Waals surface area contributed by atoms with E-state index in [2.05, 4.69) is 16.7 Å². The molecule has 1 aromatic carbocycles. The van der Waals surface area contributed by atoms with Crippen molar-refractivity contribution in [3.63, 3.8) is 0 Å². The van der Waals surface area contributed by atoms with Crippen molar-refractivity contribution >= 4 is 11.8 Å². The molecule has 0 N–H and O–H groups in total. The van der Waals surface area contributed by atoms with Gasteiger partial charge in [-0.1, -0.05) is 25.5 Å². The van der Waals surface area contributed by atoms with Gasteiger partial charge in [0.25, 0.3) is 11.8 Å². The Morgan fingerprint density at radius 2 is 1.29 bits per heavy atom. The Labute approximate surface area is 144 Å². The third-order valence-electron chi connectivity index (χ3n) is 5.03. The highest BCUT2D eigenvalue weighted by Gasteiger charge is 2.34. The number of amides is 2. The number of hydrogen-bond donors (Lipinski definition) is 0. The van der Waals surface area contributed by atoms with Gasteiger partial charge in [-0.3, -0.25) is 14.5 Å².